The second-order valence-corrected chi connectivity index (χ2v) is 3.14. The summed E-state index contributed by atoms with van der Waals surface area (Å²) >= 11 is 0. The van der Waals surface area contributed by atoms with E-state index in [-0.39, 0.29) is 0 Å². The molecule has 0 amide bonds. The van der Waals surface area contributed by atoms with Gasteiger partial charge in [0.2, 0.25) is 0 Å². The van der Waals surface area contributed by atoms with Crippen LogP contribution in [0.5, 0.6) is 0 Å². The van der Waals surface area contributed by atoms with Gasteiger partial charge in [0.15, 0.2) is 0 Å². The SMILES string of the molecule is NC[C@H]1CCCN1CCCO. The lowest BCUT2D eigenvalue weighted by Crippen LogP contribution is -2.36. The van der Waals surface area contributed by atoms with E-state index in [1.54, 1.807) is 0 Å². The first-order chi connectivity index (χ1) is 5.38. The van der Waals surface area contributed by atoms with Crippen molar-refractivity contribution < 1.29 is 5.11 Å². The summed E-state index contributed by atoms with van der Waals surface area (Å²) < 4.78 is 0. The standard InChI is InChI=1S/C8H18N2O/c9-7-8-3-1-4-10(8)5-2-6-11/h8,11H,1-7,9H2/t8-/m1/s1. The molecule has 1 saturated heterocycles. The zero-order valence-corrected chi connectivity index (χ0v) is 7.00. The molecule has 3 N–H and O–H groups in total. The van der Waals surface area contributed by atoms with Crippen LogP contribution in [0.15, 0.2) is 0 Å². The van der Waals surface area contributed by atoms with Gasteiger partial charge >= 0.3 is 0 Å². The van der Waals surface area contributed by atoms with Crippen molar-refractivity contribution in [3.8, 4) is 0 Å². The number of rotatable bonds is 4. The van der Waals surface area contributed by atoms with Crippen LogP contribution in [-0.4, -0.2) is 42.3 Å². The Bertz CT molecular complexity index is 108. The Kier molecular flexibility index (Phi) is 3.83. The largest absolute Gasteiger partial charge is 0.396 e. The lowest BCUT2D eigenvalue weighted by molar-refractivity contribution is 0.215. The number of aliphatic hydroxyl groups is 1. The van der Waals surface area contributed by atoms with Crippen molar-refractivity contribution in [3.63, 3.8) is 0 Å². The Hall–Kier alpha value is -0.120. The van der Waals surface area contributed by atoms with Crippen molar-refractivity contribution in [2.45, 2.75) is 25.3 Å². The van der Waals surface area contributed by atoms with E-state index in [0.29, 0.717) is 12.6 Å². The predicted molar refractivity (Wildman–Crippen MR) is 45.4 cm³/mol. The van der Waals surface area contributed by atoms with Crippen LogP contribution in [-0.2, 0) is 0 Å². The zero-order valence-electron chi connectivity index (χ0n) is 7.00. The Morgan fingerprint density at radius 2 is 2.36 bits per heavy atom. The molecule has 1 aliphatic rings. The van der Waals surface area contributed by atoms with Gasteiger partial charge in [-0.2, -0.15) is 0 Å². The van der Waals surface area contributed by atoms with E-state index in [4.69, 9.17) is 10.8 Å². The molecule has 0 saturated carbocycles. The molecule has 1 atom stereocenters. The summed E-state index contributed by atoms with van der Waals surface area (Å²) in [7, 11) is 0. The van der Waals surface area contributed by atoms with Gasteiger partial charge in [-0.05, 0) is 25.8 Å². The fraction of sp³-hybridized carbons (Fsp3) is 1.00. The van der Waals surface area contributed by atoms with Crippen molar-refractivity contribution in [1.29, 1.82) is 0 Å². The van der Waals surface area contributed by atoms with Crippen molar-refractivity contribution in [1.82, 2.24) is 4.90 Å². The van der Waals surface area contributed by atoms with Gasteiger partial charge in [0.05, 0.1) is 0 Å². The molecule has 0 aromatic heterocycles. The highest BCUT2D eigenvalue weighted by atomic mass is 16.3. The van der Waals surface area contributed by atoms with Crippen LogP contribution in [0.3, 0.4) is 0 Å². The first-order valence-corrected chi connectivity index (χ1v) is 4.43. The maximum absolute atomic E-state index is 8.63. The third-order valence-corrected chi connectivity index (χ3v) is 2.37. The number of hydrogen-bond donors (Lipinski definition) is 2. The minimum Gasteiger partial charge on any atom is -0.396 e. The smallest absolute Gasteiger partial charge is 0.0443 e. The molecule has 0 aromatic rings. The highest BCUT2D eigenvalue weighted by Gasteiger charge is 2.21. The molecular weight excluding hydrogens is 140 g/mol. The van der Waals surface area contributed by atoms with Gasteiger partial charge in [-0.15, -0.1) is 0 Å². The van der Waals surface area contributed by atoms with Crippen LogP contribution in [0.4, 0.5) is 0 Å². The van der Waals surface area contributed by atoms with Crippen molar-refractivity contribution in [3.05, 3.63) is 0 Å². The van der Waals surface area contributed by atoms with E-state index in [9.17, 15) is 0 Å². The van der Waals surface area contributed by atoms with Crippen LogP contribution in [0.2, 0.25) is 0 Å². The first-order valence-electron chi connectivity index (χ1n) is 4.43. The summed E-state index contributed by atoms with van der Waals surface area (Å²) in [6.07, 6.45) is 3.39. The summed E-state index contributed by atoms with van der Waals surface area (Å²) in [5.74, 6) is 0. The molecule has 11 heavy (non-hydrogen) atoms. The third-order valence-electron chi connectivity index (χ3n) is 2.37. The molecule has 0 bridgehead atoms. The molecule has 3 nitrogen and oxygen atoms in total. The van der Waals surface area contributed by atoms with Gasteiger partial charge in [-0.1, -0.05) is 0 Å². The van der Waals surface area contributed by atoms with Crippen LogP contribution >= 0.6 is 0 Å². The molecule has 3 heteroatoms. The molecule has 1 fully saturated rings. The van der Waals surface area contributed by atoms with Gasteiger partial charge in [0.1, 0.15) is 0 Å². The molecule has 1 heterocycles. The fourth-order valence-electron chi connectivity index (χ4n) is 1.73. The fourth-order valence-corrected chi connectivity index (χ4v) is 1.73. The average Bonchev–Trinajstić information content (AvgIpc) is 2.47. The number of aliphatic hydroxyl groups excluding tert-OH is 1. The summed E-state index contributed by atoms with van der Waals surface area (Å²) in [6, 6.07) is 0.585. The van der Waals surface area contributed by atoms with E-state index < -0.39 is 0 Å². The van der Waals surface area contributed by atoms with Gasteiger partial charge < -0.3 is 10.8 Å². The van der Waals surface area contributed by atoms with Crippen molar-refractivity contribution in [2.75, 3.05) is 26.2 Å². The highest BCUT2D eigenvalue weighted by Crippen LogP contribution is 2.15. The Labute approximate surface area is 68.2 Å². The lowest BCUT2D eigenvalue weighted by Gasteiger charge is -2.22. The first kappa shape index (κ1) is 8.97. The Morgan fingerprint density at radius 3 is 3.00 bits per heavy atom. The van der Waals surface area contributed by atoms with Crippen LogP contribution in [0, 0.1) is 0 Å². The van der Waals surface area contributed by atoms with Crippen molar-refractivity contribution >= 4 is 0 Å². The Morgan fingerprint density at radius 1 is 1.55 bits per heavy atom. The second kappa shape index (κ2) is 4.70. The van der Waals surface area contributed by atoms with E-state index in [1.807, 2.05) is 0 Å². The second-order valence-electron chi connectivity index (χ2n) is 3.14. The number of likely N-dealkylation sites (tertiary alicyclic amines) is 1. The quantitative estimate of drug-likeness (QED) is 0.595. The van der Waals surface area contributed by atoms with E-state index in [1.165, 1.54) is 19.4 Å². The summed E-state index contributed by atoms with van der Waals surface area (Å²) in [5, 5.41) is 8.63. The number of nitrogens with zero attached hydrogens (tertiary/aromatic N) is 1. The third kappa shape index (κ3) is 2.43. The molecular formula is C8H18N2O. The average molecular weight is 158 g/mol. The molecule has 66 valence electrons. The maximum atomic E-state index is 8.63. The van der Waals surface area contributed by atoms with E-state index in [0.717, 1.165) is 19.5 Å². The monoisotopic (exact) mass is 158 g/mol. The summed E-state index contributed by atoms with van der Waals surface area (Å²) in [6.45, 7) is 3.25. The topological polar surface area (TPSA) is 49.5 Å². The van der Waals surface area contributed by atoms with E-state index in [2.05, 4.69) is 4.90 Å². The van der Waals surface area contributed by atoms with Crippen LogP contribution in [0.1, 0.15) is 19.3 Å². The molecule has 1 aliphatic heterocycles. The molecule has 0 aromatic carbocycles. The van der Waals surface area contributed by atoms with Gasteiger partial charge in [-0.3, -0.25) is 4.90 Å². The number of hydrogen-bond acceptors (Lipinski definition) is 3. The van der Waals surface area contributed by atoms with Gasteiger partial charge in [-0.25, -0.2) is 0 Å². The predicted octanol–water partition coefficient (Wildman–Crippen LogP) is -0.208. The molecule has 0 spiro atoms. The van der Waals surface area contributed by atoms with E-state index >= 15 is 0 Å². The zero-order chi connectivity index (χ0) is 8.10. The molecule has 0 unspecified atom stereocenters. The Balaban J connectivity index is 2.20. The number of nitrogens with two attached hydrogens (primary N) is 1. The minimum absolute atomic E-state index is 0.299. The summed E-state index contributed by atoms with van der Waals surface area (Å²) in [4.78, 5) is 2.39. The lowest BCUT2D eigenvalue weighted by atomic mass is 10.2. The van der Waals surface area contributed by atoms with Gasteiger partial charge in [0.25, 0.3) is 0 Å². The van der Waals surface area contributed by atoms with Crippen molar-refractivity contribution in [2.24, 2.45) is 5.73 Å². The highest BCUT2D eigenvalue weighted by molar-refractivity contribution is 4.79. The van der Waals surface area contributed by atoms with Gasteiger partial charge in [0, 0.05) is 25.7 Å². The van der Waals surface area contributed by atoms with Crippen LogP contribution < -0.4 is 5.73 Å². The normalized spacial score (nSPS) is 26.2. The minimum atomic E-state index is 0.299. The van der Waals surface area contributed by atoms with Crippen LogP contribution in [0.25, 0.3) is 0 Å². The summed E-state index contributed by atoms with van der Waals surface area (Å²) in [5.41, 5.74) is 5.59. The molecule has 0 aliphatic carbocycles. The maximum Gasteiger partial charge on any atom is 0.0443 e. The molecule has 0 radical (unpaired) electrons. The molecule has 1 rings (SSSR count).